The quantitative estimate of drug-likeness (QED) is 0.667. The largest absolute Gasteiger partial charge is 0.318 e. The van der Waals surface area contributed by atoms with Crippen LogP contribution >= 0.6 is 0 Å². The van der Waals surface area contributed by atoms with E-state index in [0.29, 0.717) is 5.70 Å². The lowest BCUT2D eigenvalue weighted by Crippen LogP contribution is -2.20. The Morgan fingerprint density at radius 3 is 2.21 bits per heavy atom. The number of hydrogen-bond donors (Lipinski definition) is 1. The molecule has 0 aliphatic carbocycles. The van der Waals surface area contributed by atoms with Crippen LogP contribution in [0.1, 0.15) is 11.1 Å². The van der Waals surface area contributed by atoms with Gasteiger partial charge in [0, 0.05) is 6.08 Å². The molecule has 70 valence electrons. The van der Waals surface area contributed by atoms with Gasteiger partial charge in [0.2, 0.25) is 5.78 Å². The van der Waals surface area contributed by atoms with Crippen molar-refractivity contribution in [3.8, 4) is 0 Å². The maximum Gasteiger partial charge on any atom is 0.296 e. The van der Waals surface area contributed by atoms with Gasteiger partial charge in [0.15, 0.2) is 0 Å². The Bertz CT molecular complexity index is 429. The smallest absolute Gasteiger partial charge is 0.296 e. The van der Waals surface area contributed by atoms with Crippen molar-refractivity contribution >= 4 is 17.4 Å². The molecule has 1 N–H and O–H groups in total. The van der Waals surface area contributed by atoms with Gasteiger partial charge in [0.25, 0.3) is 5.91 Å². The predicted octanol–water partition coefficient (Wildman–Crippen LogP) is 1.03. The van der Waals surface area contributed by atoms with Gasteiger partial charge >= 0.3 is 0 Å². The zero-order valence-electron chi connectivity index (χ0n) is 7.70. The highest BCUT2D eigenvalue weighted by Crippen LogP contribution is 2.15. The summed E-state index contributed by atoms with van der Waals surface area (Å²) >= 11 is 0. The second-order valence-electron chi connectivity index (χ2n) is 3.24. The van der Waals surface area contributed by atoms with Crippen LogP contribution in [-0.4, -0.2) is 11.7 Å². The van der Waals surface area contributed by atoms with Crippen LogP contribution in [0.4, 0.5) is 0 Å². The predicted molar refractivity (Wildman–Crippen MR) is 52.3 cm³/mol. The van der Waals surface area contributed by atoms with Crippen molar-refractivity contribution in [1.82, 2.24) is 5.32 Å². The number of ketones is 1. The van der Waals surface area contributed by atoms with Crippen LogP contribution in [0.25, 0.3) is 5.70 Å². The van der Waals surface area contributed by atoms with Gasteiger partial charge in [-0.3, -0.25) is 9.59 Å². The fraction of sp³-hybridized carbons (Fsp3) is 0.0909. The summed E-state index contributed by atoms with van der Waals surface area (Å²) in [6.45, 7) is 1.98. The van der Waals surface area contributed by atoms with Crippen molar-refractivity contribution < 1.29 is 9.59 Å². The lowest BCUT2D eigenvalue weighted by atomic mass is 10.1. The monoisotopic (exact) mass is 187 g/mol. The van der Waals surface area contributed by atoms with Gasteiger partial charge < -0.3 is 5.32 Å². The Balaban J connectivity index is 2.34. The third-order valence-corrected chi connectivity index (χ3v) is 2.11. The molecule has 0 fully saturated rings. The van der Waals surface area contributed by atoms with Crippen molar-refractivity contribution in [1.29, 1.82) is 0 Å². The standard InChI is InChI=1S/C11H9NO2/c1-7-2-4-8(5-3-7)9-6-10(13)11(14)12-9/h2-6H,1H3,(H,12,13,14). The second kappa shape index (κ2) is 3.10. The first kappa shape index (κ1) is 8.69. The molecule has 1 aliphatic rings. The normalized spacial score (nSPS) is 15.4. The van der Waals surface area contributed by atoms with Gasteiger partial charge in [-0.1, -0.05) is 29.8 Å². The van der Waals surface area contributed by atoms with Gasteiger partial charge in [-0.05, 0) is 12.5 Å². The maximum atomic E-state index is 10.9. The first-order valence-corrected chi connectivity index (χ1v) is 4.31. The van der Waals surface area contributed by atoms with Crippen LogP contribution in [-0.2, 0) is 9.59 Å². The second-order valence-corrected chi connectivity index (χ2v) is 3.24. The van der Waals surface area contributed by atoms with E-state index in [1.165, 1.54) is 6.08 Å². The third-order valence-electron chi connectivity index (χ3n) is 2.11. The van der Waals surface area contributed by atoms with Crippen LogP contribution in [0.5, 0.6) is 0 Å². The molecule has 1 aromatic carbocycles. The summed E-state index contributed by atoms with van der Waals surface area (Å²) in [5.74, 6) is -1.04. The molecule has 2 rings (SSSR count). The summed E-state index contributed by atoms with van der Waals surface area (Å²) in [5, 5.41) is 2.51. The lowest BCUT2D eigenvalue weighted by molar-refractivity contribution is -0.133. The molecule has 1 amide bonds. The molecule has 0 saturated heterocycles. The first-order chi connectivity index (χ1) is 6.66. The minimum absolute atomic E-state index is 0.486. The Labute approximate surface area is 81.4 Å². The van der Waals surface area contributed by atoms with Crippen LogP contribution in [0.2, 0.25) is 0 Å². The van der Waals surface area contributed by atoms with E-state index >= 15 is 0 Å². The molecule has 0 saturated carbocycles. The molecule has 3 heteroatoms. The molecule has 0 unspecified atom stereocenters. The fourth-order valence-corrected chi connectivity index (χ4v) is 1.31. The Hall–Kier alpha value is -1.90. The SMILES string of the molecule is Cc1ccc(C2=CC(=O)C(=O)N2)cc1. The summed E-state index contributed by atoms with van der Waals surface area (Å²) in [7, 11) is 0. The Morgan fingerprint density at radius 1 is 1.07 bits per heavy atom. The van der Waals surface area contributed by atoms with E-state index in [1.807, 2.05) is 31.2 Å². The summed E-state index contributed by atoms with van der Waals surface area (Å²) in [4.78, 5) is 21.8. The summed E-state index contributed by atoms with van der Waals surface area (Å²) < 4.78 is 0. The topological polar surface area (TPSA) is 46.2 Å². The average molecular weight is 187 g/mol. The molecule has 0 bridgehead atoms. The summed E-state index contributed by atoms with van der Waals surface area (Å²) in [6.07, 6.45) is 1.33. The summed E-state index contributed by atoms with van der Waals surface area (Å²) in [5.41, 5.74) is 2.58. The number of nitrogens with one attached hydrogen (secondary N) is 1. The van der Waals surface area contributed by atoms with Crippen LogP contribution < -0.4 is 5.32 Å². The number of benzene rings is 1. The number of hydrogen-bond acceptors (Lipinski definition) is 2. The van der Waals surface area contributed by atoms with E-state index in [4.69, 9.17) is 0 Å². The van der Waals surface area contributed by atoms with Crippen LogP contribution in [0, 0.1) is 6.92 Å². The van der Waals surface area contributed by atoms with Gasteiger partial charge in [0.1, 0.15) is 0 Å². The molecule has 0 aromatic heterocycles. The molecular weight excluding hydrogens is 178 g/mol. The number of rotatable bonds is 1. The molecule has 3 nitrogen and oxygen atoms in total. The molecule has 0 radical (unpaired) electrons. The van der Waals surface area contributed by atoms with E-state index < -0.39 is 11.7 Å². The Morgan fingerprint density at radius 2 is 1.71 bits per heavy atom. The van der Waals surface area contributed by atoms with Crippen molar-refractivity contribution in [3.63, 3.8) is 0 Å². The van der Waals surface area contributed by atoms with E-state index in [1.54, 1.807) is 0 Å². The molecule has 1 aromatic rings. The van der Waals surface area contributed by atoms with E-state index in [0.717, 1.165) is 11.1 Å². The van der Waals surface area contributed by atoms with Crippen molar-refractivity contribution in [2.24, 2.45) is 0 Å². The minimum atomic E-state index is -0.555. The molecule has 1 aliphatic heterocycles. The van der Waals surface area contributed by atoms with Gasteiger partial charge in [-0.2, -0.15) is 0 Å². The molecule has 1 heterocycles. The van der Waals surface area contributed by atoms with Crippen LogP contribution in [0.15, 0.2) is 30.3 Å². The highest BCUT2D eigenvalue weighted by atomic mass is 16.2. The van der Waals surface area contributed by atoms with Crippen LogP contribution in [0.3, 0.4) is 0 Å². The maximum absolute atomic E-state index is 10.9. The van der Waals surface area contributed by atoms with Crippen molar-refractivity contribution in [2.45, 2.75) is 6.92 Å². The van der Waals surface area contributed by atoms with E-state index in [9.17, 15) is 9.59 Å². The third kappa shape index (κ3) is 1.44. The molecule has 0 spiro atoms. The molecular formula is C11H9NO2. The average Bonchev–Trinajstić information content (AvgIpc) is 2.48. The molecule has 14 heavy (non-hydrogen) atoms. The Kier molecular flexibility index (Phi) is 1.93. The highest BCUT2D eigenvalue weighted by molar-refractivity contribution is 6.46. The zero-order valence-corrected chi connectivity index (χ0v) is 7.70. The minimum Gasteiger partial charge on any atom is -0.318 e. The number of amides is 1. The number of aryl methyl sites for hydroxylation is 1. The fourth-order valence-electron chi connectivity index (χ4n) is 1.31. The van der Waals surface area contributed by atoms with E-state index in [2.05, 4.69) is 5.32 Å². The van der Waals surface area contributed by atoms with Gasteiger partial charge in [-0.15, -0.1) is 0 Å². The van der Waals surface area contributed by atoms with Gasteiger partial charge in [-0.25, -0.2) is 0 Å². The van der Waals surface area contributed by atoms with Gasteiger partial charge in [0.05, 0.1) is 5.70 Å². The summed E-state index contributed by atoms with van der Waals surface area (Å²) in [6, 6.07) is 7.62. The van der Waals surface area contributed by atoms with Crippen molar-refractivity contribution in [2.75, 3.05) is 0 Å². The zero-order chi connectivity index (χ0) is 10.1. The first-order valence-electron chi connectivity index (χ1n) is 4.31. The van der Waals surface area contributed by atoms with E-state index in [-0.39, 0.29) is 0 Å². The molecule has 0 atom stereocenters. The number of carbonyl (C=O) groups is 2. The highest BCUT2D eigenvalue weighted by Gasteiger charge is 2.21. The number of carbonyl (C=O) groups excluding carboxylic acids is 2. The lowest BCUT2D eigenvalue weighted by Gasteiger charge is -2.02. The van der Waals surface area contributed by atoms with Crippen molar-refractivity contribution in [3.05, 3.63) is 41.5 Å².